The molecule has 76 valence electrons. The van der Waals surface area contributed by atoms with Gasteiger partial charge in [0.25, 0.3) is 0 Å². The Kier molecular flexibility index (Phi) is 3.54. The zero-order valence-electron chi connectivity index (χ0n) is 9.78. The average Bonchev–Trinajstić information content (AvgIpc) is 2.40. The van der Waals surface area contributed by atoms with Crippen LogP contribution in [0.25, 0.3) is 5.57 Å². The third kappa shape index (κ3) is 1.82. The molecule has 0 fully saturated rings. The van der Waals surface area contributed by atoms with Crippen LogP contribution in [0.5, 0.6) is 0 Å². The second-order valence-corrected chi connectivity index (χ2v) is 4.57. The van der Waals surface area contributed by atoms with E-state index >= 15 is 0 Å². The molecule has 1 aromatic carbocycles. The molecule has 2 rings (SSSR count). The van der Waals surface area contributed by atoms with E-state index in [2.05, 4.69) is 40.7 Å². The first-order chi connectivity index (χ1) is 6.52. The van der Waals surface area contributed by atoms with E-state index < -0.39 is 0 Å². The fraction of sp³-hybridized carbons (Fsp3) is 0.429. The van der Waals surface area contributed by atoms with E-state index in [1.54, 1.807) is 5.56 Å². The second kappa shape index (κ2) is 4.20. The molecule has 1 aliphatic carbocycles. The van der Waals surface area contributed by atoms with E-state index in [0.717, 1.165) is 6.42 Å². The van der Waals surface area contributed by atoms with Crippen molar-refractivity contribution in [1.82, 2.24) is 0 Å². The Balaban J connectivity index is 0.00000112. The number of benzene rings is 1. The number of hydrogen-bond acceptors (Lipinski definition) is 0. The molecule has 0 heterocycles. The number of aryl methyl sites for hydroxylation is 2. The van der Waals surface area contributed by atoms with Gasteiger partial charge in [-0.05, 0) is 74.4 Å². The van der Waals surface area contributed by atoms with Gasteiger partial charge in [0.2, 0.25) is 0 Å². The van der Waals surface area contributed by atoms with Gasteiger partial charge >= 0.3 is 18.9 Å². The van der Waals surface area contributed by atoms with Crippen molar-refractivity contribution in [2.75, 3.05) is 0 Å². The predicted molar refractivity (Wildman–Crippen MR) is 69.8 cm³/mol. The van der Waals surface area contributed by atoms with Crippen LogP contribution in [0, 0.1) is 20.8 Å². The molecular weight excluding hydrogens is 175 g/mol. The number of allylic oxidation sites excluding steroid dienone is 2. The van der Waals surface area contributed by atoms with Gasteiger partial charge in [-0.3, -0.25) is 0 Å². The Hall–Kier alpha value is -0.443. The Morgan fingerprint density at radius 3 is 2.13 bits per heavy atom. The molecule has 0 saturated heterocycles. The molecule has 0 aromatic heterocycles. The van der Waals surface area contributed by atoms with Crippen molar-refractivity contribution in [1.29, 1.82) is 0 Å². The fourth-order valence-corrected chi connectivity index (χ4v) is 2.52. The van der Waals surface area contributed by atoms with E-state index in [1.807, 2.05) is 0 Å². The summed E-state index contributed by atoms with van der Waals surface area (Å²) in [6.07, 6.45) is 1.16. The minimum atomic E-state index is 0. The van der Waals surface area contributed by atoms with Crippen LogP contribution in [0.1, 0.15) is 41.7 Å². The quantitative estimate of drug-likeness (QED) is 0.556. The van der Waals surface area contributed by atoms with Crippen molar-refractivity contribution in [3.63, 3.8) is 0 Å². The summed E-state index contributed by atoms with van der Waals surface area (Å²) in [6.45, 7) is 11.2. The van der Waals surface area contributed by atoms with Crippen LogP contribution in [0.3, 0.4) is 0 Å². The Bertz CT molecular complexity index is 439. The molecule has 0 atom stereocenters. The van der Waals surface area contributed by atoms with Crippen LogP contribution in [-0.4, -0.2) is 18.9 Å². The number of fused-ring (bicyclic) bond motifs is 1. The Morgan fingerprint density at radius 2 is 1.53 bits per heavy atom. The van der Waals surface area contributed by atoms with Crippen molar-refractivity contribution < 1.29 is 0 Å². The van der Waals surface area contributed by atoms with Crippen LogP contribution in [0.4, 0.5) is 0 Å². The molecule has 1 aliphatic rings. The Morgan fingerprint density at radius 1 is 0.933 bits per heavy atom. The predicted octanol–water partition coefficient (Wildman–Crippen LogP) is 3.31. The molecule has 0 saturated carbocycles. The van der Waals surface area contributed by atoms with Crippen molar-refractivity contribution in [3.8, 4) is 0 Å². The summed E-state index contributed by atoms with van der Waals surface area (Å²) in [5.41, 5.74) is 10.5. The summed E-state index contributed by atoms with van der Waals surface area (Å²) in [7, 11) is 0. The first kappa shape index (κ1) is 12.6. The van der Waals surface area contributed by atoms with Crippen LogP contribution in [0.15, 0.2) is 11.6 Å². The third-order valence-electron chi connectivity index (χ3n) is 3.63. The molecule has 0 unspecified atom stereocenters. The molecular formula is C14H19Li. The SMILES string of the molecule is CC1=C(C)c2c(C)cc(C)c(C)c2C1.[LiH]. The number of hydrogen-bond donors (Lipinski definition) is 0. The van der Waals surface area contributed by atoms with Crippen molar-refractivity contribution in [2.45, 2.75) is 41.0 Å². The molecule has 1 heteroatoms. The summed E-state index contributed by atoms with van der Waals surface area (Å²) in [5, 5.41) is 0. The monoisotopic (exact) mass is 194 g/mol. The molecule has 0 amide bonds. The summed E-state index contributed by atoms with van der Waals surface area (Å²) in [4.78, 5) is 0. The van der Waals surface area contributed by atoms with Crippen LogP contribution >= 0.6 is 0 Å². The third-order valence-corrected chi connectivity index (χ3v) is 3.63. The van der Waals surface area contributed by atoms with Gasteiger partial charge in [-0.25, -0.2) is 0 Å². The summed E-state index contributed by atoms with van der Waals surface area (Å²) < 4.78 is 0. The van der Waals surface area contributed by atoms with Gasteiger partial charge in [0.05, 0.1) is 0 Å². The standard InChI is InChI=1S/C14H18.Li.H/c1-8-6-10(3)14-12(5)9(2)7-13(14)11(8)4;;/h6H,7H2,1-5H3;;. The van der Waals surface area contributed by atoms with E-state index in [9.17, 15) is 0 Å². The summed E-state index contributed by atoms with van der Waals surface area (Å²) >= 11 is 0. The van der Waals surface area contributed by atoms with Crippen LogP contribution in [-0.2, 0) is 6.42 Å². The molecule has 15 heavy (non-hydrogen) atoms. The van der Waals surface area contributed by atoms with E-state index in [4.69, 9.17) is 0 Å². The van der Waals surface area contributed by atoms with Crippen LogP contribution < -0.4 is 0 Å². The molecule has 0 spiro atoms. The van der Waals surface area contributed by atoms with Crippen molar-refractivity contribution in [3.05, 3.63) is 39.5 Å². The normalized spacial score (nSPS) is 13.9. The molecule has 0 nitrogen and oxygen atoms in total. The average molecular weight is 194 g/mol. The molecule has 0 radical (unpaired) electrons. The molecule has 0 N–H and O–H groups in total. The second-order valence-electron chi connectivity index (χ2n) is 4.57. The minimum absolute atomic E-state index is 0. The van der Waals surface area contributed by atoms with Gasteiger partial charge in [-0.15, -0.1) is 0 Å². The maximum atomic E-state index is 2.32. The van der Waals surface area contributed by atoms with Gasteiger partial charge in [0.15, 0.2) is 0 Å². The van der Waals surface area contributed by atoms with Gasteiger partial charge < -0.3 is 0 Å². The van der Waals surface area contributed by atoms with Gasteiger partial charge in [-0.1, -0.05) is 11.6 Å². The van der Waals surface area contributed by atoms with Crippen LogP contribution in [0.2, 0.25) is 0 Å². The van der Waals surface area contributed by atoms with Gasteiger partial charge in [0, 0.05) is 0 Å². The molecule has 1 aromatic rings. The zero-order valence-corrected chi connectivity index (χ0v) is 9.78. The van der Waals surface area contributed by atoms with E-state index in [-0.39, 0.29) is 18.9 Å². The first-order valence-corrected chi connectivity index (χ1v) is 5.28. The maximum absolute atomic E-state index is 2.32. The van der Waals surface area contributed by atoms with E-state index in [0.29, 0.717) is 0 Å². The van der Waals surface area contributed by atoms with Crippen molar-refractivity contribution >= 4 is 24.4 Å². The zero-order chi connectivity index (χ0) is 10.5. The van der Waals surface area contributed by atoms with E-state index in [1.165, 1.54) is 33.4 Å². The summed E-state index contributed by atoms with van der Waals surface area (Å²) in [6, 6.07) is 2.32. The first-order valence-electron chi connectivity index (χ1n) is 5.28. The fourth-order valence-electron chi connectivity index (χ4n) is 2.52. The van der Waals surface area contributed by atoms with Gasteiger partial charge in [-0.2, -0.15) is 0 Å². The topological polar surface area (TPSA) is 0 Å². The summed E-state index contributed by atoms with van der Waals surface area (Å²) in [5.74, 6) is 0. The molecule has 0 bridgehead atoms. The molecule has 0 aliphatic heterocycles. The number of rotatable bonds is 0. The van der Waals surface area contributed by atoms with Crippen molar-refractivity contribution in [2.24, 2.45) is 0 Å². The Labute approximate surface area is 105 Å². The van der Waals surface area contributed by atoms with Gasteiger partial charge in [0.1, 0.15) is 0 Å².